The molecule has 15 nitrogen and oxygen atoms in total. The van der Waals surface area contributed by atoms with Crippen LogP contribution in [-0.2, 0) is 18.9 Å². The summed E-state index contributed by atoms with van der Waals surface area (Å²) in [5.41, 5.74) is 0. The average Bonchev–Trinajstić information content (AvgIpc) is 2.96. The van der Waals surface area contributed by atoms with Gasteiger partial charge in [-0.25, -0.2) is 0 Å². The third-order valence-electron chi connectivity index (χ3n) is 9.82. The second-order valence-corrected chi connectivity index (χ2v) is 12.7. The number of aliphatic hydroxyl groups is 12. The molecule has 11 N–H and O–H groups in total. The van der Waals surface area contributed by atoms with E-state index in [2.05, 4.69) is 0 Å². The van der Waals surface area contributed by atoms with Gasteiger partial charge in [0.1, 0.15) is 48.8 Å². The van der Waals surface area contributed by atoms with Crippen molar-refractivity contribution in [2.45, 2.75) is 150 Å². The Bertz CT molecular complexity index is 880. The van der Waals surface area contributed by atoms with Crippen molar-refractivity contribution >= 4 is 0 Å². The molecule has 15 heteroatoms. The highest BCUT2D eigenvalue weighted by Crippen LogP contribution is 2.43. The first-order valence-corrected chi connectivity index (χ1v) is 14.9. The van der Waals surface area contributed by atoms with Crippen LogP contribution in [-0.4, -0.2) is 167 Å². The molecule has 0 spiro atoms. The van der Waals surface area contributed by atoms with Crippen LogP contribution in [0, 0.1) is 11.8 Å². The summed E-state index contributed by atoms with van der Waals surface area (Å²) in [6, 6.07) is 0. The van der Waals surface area contributed by atoms with Gasteiger partial charge in [0.15, 0.2) is 24.8 Å². The molecule has 5 aliphatic rings. The van der Waals surface area contributed by atoms with Crippen LogP contribution in [0.1, 0.15) is 45.4 Å². The van der Waals surface area contributed by atoms with Gasteiger partial charge >= 0.3 is 0 Å². The zero-order valence-corrected chi connectivity index (χ0v) is 23.5. The first-order valence-electron chi connectivity index (χ1n) is 14.9. The lowest BCUT2D eigenvalue weighted by atomic mass is 9.72. The van der Waals surface area contributed by atoms with Gasteiger partial charge in [0, 0.05) is 18.8 Å². The van der Waals surface area contributed by atoms with E-state index in [-0.39, 0.29) is 25.2 Å². The molecule has 19 atom stereocenters. The Morgan fingerprint density at radius 1 is 0.667 bits per heavy atom. The molecule has 0 aromatic heterocycles. The van der Waals surface area contributed by atoms with E-state index in [1.54, 1.807) is 6.92 Å². The van der Waals surface area contributed by atoms with Crippen molar-refractivity contribution in [3.63, 3.8) is 0 Å². The Labute approximate surface area is 243 Å². The average molecular weight is 612 g/mol. The fraction of sp³-hybridized carbons (Fsp3) is 1.00. The second-order valence-electron chi connectivity index (χ2n) is 12.7. The molecule has 0 aromatic rings. The molecule has 5 fully saturated rings. The molecular formula is C27H47O15+. The Balaban J connectivity index is 1.37. The van der Waals surface area contributed by atoms with Crippen molar-refractivity contribution in [1.82, 2.24) is 0 Å². The first-order chi connectivity index (χ1) is 19.9. The molecule has 0 bridgehead atoms. The van der Waals surface area contributed by atoms with Crippen molar-refractivity contribution in [2.24, 2.45) is 11.8 Å². The van der Waals surface area contributed by atoms with E-state index < -0.39 is 117 Å². The Morgan fingerprint density at radius 2 is 1.31 bits per heavy atom. The monoisotopic (exact) mass is 611 g/mol. The smallest absolute Gasteiger partial charge is 0.187 e. The van der Waals surface area contributed by atoms with Gasteiger partial charge < -0.3 is 74.7 Å². The SMILES string of the molecule is C[C@@H]1O[C@H](OC2CC3C(O[C@H]4O[C@@H](CO)[C@H](O)[C@H](O)[C@@H]4O)CC(O)CC3[OH+]C2C2CCC(O)C(O)C2)[C@@H](O)[C@@H](O)[C@H]1O. The molecular weight excluding hydrogens is 564 g/mol. The van der Waals surface area contributed by atoms with Crippen LogP contribution in [0.3, 0.4) is 0 Å². The third-order valence-corrected chi connectivity index (χ3v) is 9.82. The summed E-state index contributed by atoms with van der Waals surface area (Å²) in [6.07, 6.45) is -17.1. The summed E-state index contributed by atoms with van der Waals surface area (Å²) in [5, 5.41) is 103. The van der Waals surface area contributed by atoms with Gasteiger partial charge in [-0.05, 0) is 32.6 Å². The topological polar surface area (TPSA) is 252 Å². The molecule has 244 valence electrons. The number of aliphatic hydroxyl groups excluding tert-OH is 10. The molecule has 2 aliphatic carbocycles. The predicted molar refractivity (Wildman–Crippen MR) is 138 cm³/mol. The Hall–Kier alpha value is -0.600. The molecule has 3 heterocycles. The summed E-state index contributed by atoms with van der Waals surface area (Å²) >= 11 is 0. The van der Waals surface area contributed by atoms with Crippen LogP contribution in [0.5, 0.6) is 0 Å². The Kier molecular flexibility index (Phi) is 10.5. The largest absolute Gasteiger partial charge is 0.427 e. The zero-order valence-electron chi connectivity index (χ0n) is 23.5. The zero-order chi connectivity index (χ0) is 30.5. The molecule has 3 aliphatic heterocycles. The van der Waals surface area contributed by atoms with Gasteiger partial charge in [0.2, 0.25) is 0 Å². The number of hydrogen-bond acceptors (Lipinski definition) is 14. The van der Waals surface area contributed by atoms with Crippen molar-refractivity contribution in [2.75, 3.05) is 6.61 Å². The number of rotatable bonds is 6. The summed E-state index contributed by atoms with van der Waals surface area (Å²) in [6.45, 7) is 0.919. The van der Waals surface area contributed by atoms with E-state index in [0.29, 0.717) is 19.3 Å². The molecule has 0 amide bonds. The predicted octanol–water partition coefficient (Wildman–Crippen LogP) is -4.65. The molecule has 5 rings (SSSR count). The second kappa shape index (κ2) is 13.4. The van der Waals surface area contributed by atoms with Gasteiger partial charge in [0.25, 0.3) is 0 Å². The van der Waals surface area contributed by atoms with Crippen LogP contribution >= 0.6 is 0 Å². The lowest BCUT2D eigenvalue weighted by molar-refractivity contribution is -0.365. The highest BCUT2D eigenvalue weighted by atomic mass is 16.7. The van der Waals surface area contributed by atoms with Gasteiger partial charge in [-0.3, -0.25) is 0 Å². The third kappa shape index (κ3) is 6.52. The minimum absolute atomic E-state index is 0.141. The highest BCUT2D eigenvalue weighted by molar-refractivity contribution is 4.99. The maximum absolute atomic E-state index is 10.7. The van der Waals surface area contributed by atoms with Crippen molar-refractivity contribution in [1.29, 1.82) is 0 Å². The van der Waals surface area contributed by atoms with E-state index in [4.69, 9.17) is 23.7 Å². The van der Waals surface area contributed by atoms with Crippen molar-refractivity contribution < 1.29 is 74.7 Å². The van der Waals surface area contributed by atoms with Crippen LogP contribution in [0.15, 0.2) is 0 Å². The van der Waals surface area contributed by atoms with Crippen LogP contribution in [0.4, 0.5) is 0 Å². The molecule has 0 aromatic carbocycles. The van der Waals surface area contributed by atoms with Gasteiger partial charge in [-0.2, -0.15) is 0 Å². The molecule has 42 heavy (non-hydrogen) atoms. The number of hydrogen-bond donors (Lipinski definition) is 10. The number of fused-ring (bicyclic) bond motifs is 1. The van der Waals surface area contributed by atoms with E-state index in [0.717, 1.165) is 0 Å². The van der Waals surface area contributed by atoms with Crippen LogP contribution < -0.4 is 0 Å². The maximum atomic E-state index is 10.7. The quantitative estimate of drug-likeness (QED) is 0.127. The summed E-state index contributed by atoms with van der Waals surface area (Å²) in [4.78, 5) is 0. The summed E-state index contributed by atoms with van der Waals surface area (Å²) in [5.74, 6) is -0.596. The van der Waals surface area contributed by atoms with Crippen LogP contribution in [0.25, 0.3) is 0 Å². The molecule has 3 saturated heterocycles. The minimum Gasteiger partial charge on any atom is -0.427 e. The van der Waals surface area contributed by atoms with Crippen molar-refractivity contribution in [3.05, 3.63) is 0 Å². The molecule has 0 radical (unpaired) electrons. The highest BCUT2D eigenvalue weighted by Gasteiger charge is 2.56. The standard InChI is InChI=1S/C27H46O15/c1-9-19(32)21(34)23(36)26(38-9)41-17-7-12-15(39-25(17)10-2-3-13(30)14(31)4-10)5-11(29)6-16(12)40-27-24(37)22(35)20(33)18(8-28)42-27/h9-37H,2-8H2,1H3/p+1/t9-,10?,11?,12?,13?,14?,15?,16?,17?,18-,19-,20-,21-,22-,23-,24-,25?,26+,27-/m0/s1. The summed E-state index contributed by atoms with van der Waals surface area (Å²) in [7, 11) is 0. The molecule has 2 saturated carbocycles. The van der Waals surface area contributed by atoms with E-state index in [1.165, 1.54) is 0 Å². The van der Waals surface area contributed by atoms with E-state index in [9.17, 15) is 51.1 Å². The lowest BCUT2D eigenvalue weighted by Crippen LogP contribution is -2.63. The van der Waals surface area contributed by atoms with Crippen molar-refractivity contribution in [3.8, 4) is 0 Å². The lowest BCUT2D eigenvalue weighted by Gasteiger charge is -2.50. The van der Waals surface area contributed by atoms with E-state index in [1.807, 2.05) is 0 Å². The first kappa shape index (κ1) is 32.8. The van der Waals surface area contributed by atoms with E-state index >= 15 is 0 Å². The Morgan fingerprint density at radius 3 is 1.98 bits per heavy atom. The molecule has 9 unspecified atom stereocenters. The van der Waals surface area contributed by atoms with Gasteiger partial charge in [0.05, 0.1) is 43.0 Å². The fourth-order valence-corrected chi connectivity index (χ4v) is 7.29. The van der Waals surface area contributed by atoms with Gasteiger partial charge in [-0.15, -0.1) is 0 Å². The minimum atomic E-state index is -1.64. The number of ether oxygens (including phenoxy) is 5. The van der Waals surface area contributed by atoms with Gasteiger partial charge in [-0.1, -0.05) is 0 Å². The summed E-state index contributed by atoms with van der Waals surface area (Å²) < 4.78 is 28.7. The normalized spacial score (nSPS) is 55.6. The van der Waals surface area contributed by atoms with Crippen LogP contribution in [0.2, 0.25) is 0 Å². The maximum Gasteiger partial charge on any atom is 0.187 e. The fourth-order valence-electron chi connectivity index (χ4n) is 7.29.